The van der Waals surface area contributed by atoms with Crippen LogP contribution in [0.15, 0.2) is 18.6 Å². The van der Waals surface area contributed by atoms with Gasteiger partial charge in [0.25, 0.3) is 0 Å². The lowest BCUT2D eigenvalue weighted by atomic mass is 9.86. The highest BCUT2D eigenvalue weighted by atomic mass is 16.1. The summed E-state index contributed by atoms with van der Waals surface area (Å²) in [5, 5.41) is 9.33. The van der Waals surface area contributed by atoms with Gasteiger partial charge in [0.05, 0.1) is 18.4 Å². The number of hydrogen-bond acceptors (Lipinski definition) is 8. The zero-order valence-corrected chi connectivity index (χ0v) is 17.8. The van der Waals surface area contributed by atoms with Crippen molar-refractivity contribution in [3.63, 3.8) is 0 Å². The molecule has 2 aromatic heterocycles. The van der Waals surface area contributed by atoms with E-state index in [4.69, 9.17) is 0 Å². The first-order valence-corrected chi connectivity index (χ1v) is 10.7. The van der Waals surface area contributed by atoms with Crippen LogP contribution >= 0.6 is 0 Å². The van der Waals surface area contributed by atoms with Crippen LogP contribution in [0.1, 0.15) is 25.5 Å². The fourth-order valence-electron chi connectivity index (χ4n) is 4.73. The van der Waals surface area contributed by atoms with E-state index in [2.05, 4.69) is 49.7 Å². The number of likely N-dealkylation sites (N-methyl/N-ethyl adjacent to an activating group) is 1. The van der Waals surface area contributed by atoms with Crippen LogP contribution < -0.4 is 4.90 Å². The SMILES string of the molecule is C[C@H]1C[C@@H](CC(=O)CN2CCN(C)CC2)CN(c2cnc(C#N)c3nccnc23)C1. The van der Waals surface area contributed by atoms with Gasteiger partial charge in [-0.2, -0.15) is 5.26 Å². The first-order valence-electron chi connectivity index (χ1n) is 10.7. The predicted molar refractivity (Wildman–Crippen MR) is 115 cm³/mol. The largest absolute Gasteiger partial charge is 0.368 e. The van der Waals surface area contributed by atoms with Crippen LogP contribution in [0, 0.1) is 23.2 Å². The smallest absolute Gasteiger partial charge is 0.168 e. The molecule has 0 unspecified atom stereocenters. The van der Waals surface area contributed by atoms with Gasteiger partial charge in [0.2, 0.25) is 0 Å². The molecule has 0 spiro atoms. The number of hydrogen-bond donors (Lipinski definition) is 0. The van der Waals surface area contributed by atoms with Crippen molar-refractivity contribution in [2.75, 3.05) is 57.8 Å². The topological polar surface area (TPSA) is 89.3 Å². The summed E-state index contributed by atoms with van der Waals surface area (Å²) in [5.41, 5.74) is 2.45. The number of piperazine rings is 1. The van der Waals surface area contributed by atoms with Crippen molar-refractivity contribution in [3.05, 3.63) is 24.3 Å². The Morgan fingerprint density at radius 2 is 1.87 bits per heavy atom. The molecule has 2 atom stereocenters. The third-order valence-corrected chi connectivity index (χ3v) is 6.19. The number of nitriles is 1. The number of fused-ring (bicyclic) bond motifs is 1. The fraction of sp³-hybridized carbons (Fsp3) is 0.591. The highest BCUT2D eigenvalue weighted by molar-refractivity contribution is 5.90. The van der Waals surface area contributed by atoms with Gasteiger partial charge in [-0.05, 0) is 25.3 Å². The molecule has 158 valence electrons. The van der Waals surface area contributed by atoms with Crippen molar-refractivity contribution < 1.29 is 4.79 Å². The molecule has 0 radical (unpaired) electrons. The highest BCUT2D eigenvalue weighted by Crippen LogP contribution is 2.32. The van der Waals surface area contributed by atoms with E-state index < -0.39 is 0 Å². The number of piperidine rings is 1. The van der Waals surface area contributed by atoms with E-state index in [0.29, 0.717) is 47.3 Å². The average molecular weight is 408 g/mol. The van der Waals surface area contributed by atoms with Crippen LogP contribution in [-0.2, 0) is 4.79 Å². The van der Waals surface area contributed by atoms with Crippen LogP contribution in [0.2, 0.25) is 0 Å². The number of ketones is 1. The zero-order chi connectivity index (χ0) is 21.1. The molecular formula is C22H29N7O. The first kappa shape index (κ1) is 20.6. The molecule has 0 N–H and O–H groups in total. The molecule has 0 saturated carbocycles. The second-order valence-corrected chi connectivity index (χ2v) is 8.79. The summed E-state index contributed by atoms with van der Waals surface area (Å²) in [5.74, 6) is 1.12. The summed E-state index contributed by atoms with van der Waals surface area (Å²) in [4.78, 5) is 32.7. The summed E-state index contributed by atoms with van der Waals surface area (Å²) < 4.78 is 0. The minimum atomic E-state index is 0.297. The van der Waals surface area contributed by atoms with E-state index in [1.807, 2.05) is 0 Å². The first-order chi connectivity index (χ1) is 14.5. The van der Waals surface area contributed by atoms with Crippen LogP contribution in [0.3, 0.4) is 0 Å². The maximum absolute atomic E-state index is 12.8. The number of anilines is 1. The maximum atomic E-state index is 12.8. The van der Waals surface area contributed by atoms with E-state index in [0.717, 1.165) is 51.4 Å². The molecule has 8 heteroatoms. The summed E-state index contributed by atoms with van der Waals surface area (Å²) in [6, 6.07) is 2.10. The lowest BCUT2D eigenvalue weighted by Gasteiger charge is -2.38. The Morgan fingerprint density at radius 3 is 2.60 bits per heavy atom. The second kappa shape index (κ2) is 9.02. The Bertz CT molecular complexity index is 948. The van der Waals surface area contributed by atoms with Crippen molar-refractivity contribution >= 4 is 22.5 Å². The molecular weight excluding hydrogens is 378 g/mol. The van der Waals surface area contributed by atoms with Crippen LogP contribution in [-0.4, -0.2) is 83.4 Å². The molecule has 2 fully saturated rings. The van der Waals surface area contributed by atoms with Crippen molar-refractivity contribution in [1.29, 1.82) is 5.26 Å². The zero-order valence-electron chi connectivity index (χ0n) is 17.8. The average Bonchev–Trinajstić information content (AvgIpc) is 2.74. The Hall–Kier alpha value is -2.63. The molecule has 2 aliphatic heterocycles. The normalized spacial score (nSPS) is 23.4. The van der Waals surface area contributed by atoms with E-state index in [-0.39, 0.29) is 0 Å². The van der Waals surface area contributed by atoms with Gasteiger partial charge in [0, 0.05) is 58.1 Å². The van der Waals surface area contributed by atoms with E-state index in [9.17, 15) is 10.1 Å². The molecule has 0 bridgehead atoms. The third-order valence-electron chi connectivity index (χ3n) is 6.19. The Morgan fingerprint density at radius 1 is 1.13 bits per heavy atom. The van der Waals surface area contributed by atoms with Crippen molar-refractivity contribution in [3.8, 4) is 6.07 Å². The molecule has 2 aromatic rings. The minimum absolute atomic E-state index is 0.297. The molecule has 2 aliphatic rings. The number of carbonyl (C=O) groups excluding carboxylic acids is 1. The number of carbonyl (C=O) groups is 1. The number of Topliss-reactive ketones (excluding diaryl/α,β-unsaturated/α-hetero) is 1. The van der Waals surface area contributed by atoms with Gasteiger partial charge in [-0.3, -0.25) is 14.7 Å². The van der Waals surface area contributed by atoms with Gasteiger partial charge in [-0.15, -0.1) is 0 Å². The van der Waals surface area contributed by atoms with Gasteiger partial charge in [0.15, 0.2) is 5.69 Å². The number of nitrogens with zero attached hydrogens (tertiary/aromatic N) is 7. The number of aromatic nitrogens is 3. The van der Waals surface area contributed by atoms with Gasteiger partial charge < -0.3 is 9.80 Å². The van der Waals surface area contributed by atoms with Crippen LogP contribution in [0.4, 0.5) is 5.69 Å². The predicted octanol–water partition coefficient (Wildman–Crippen LogP) is 1.57. The molecule has 0 amide bonds. The highest BCUT2D eigenvalue weighted by Gasteiger charge is 2.29. The van der Waals surface area contributed by atoms with Crippen molar-refractivity contribution in [2.24, 2.45) is 11.8 Å². The lowest BCUT2D eigenvalue weighted by Crippen LogP contribution is -2.47. The maximum Gasteiger partial charge on any atom is 0.168 e. The molecule has 4 rings (SSSR count). The Labute approximate surface area is 177 Å². The number of pyridine rings is 1. The van der Waals surface area contributed by atoms with Gasteiger partial charge in [-0.25, -0.2) is 9.97 Å². The Balaban J connectivity index is 1.46. The molecule has 0 aliphatic carbocycles. The molecule has 4 heterocycles. The van der Waals surface area contributed by atoms with E-state index >= 15 is 0 Å². The molecule has 30 heavy (non-hydrogen) atoms. The second-order valence-electron chi connectivity index (χ2n) is 8.79. The molecule has 8 nitrogen and oxygen atoms in total. The Kier molecular flexibility index (Phi) is 6.21. The van der Waals surface area contributed by atoms with Gasteiger partial charge >= 0.3 is 0 Å². The number of rotatable bonds is 5. The standard InChI is InChI=1S/C22H29N7O/c1-16-9-17(10-18(30)15-28-7-5-27(2)6-8-28)14-29(13-16)20-12-26-19(11-23)21-22(20)25-4-3-24-21/h3-4,12,16-17H,5-10,13-15H2,1-2H3/t16-,17-/m0/s1. The molecule has 2 saturated heterocycles. The molecule has 0 aromatic carbocycles. The summed E-state index contributed by atoms with van der Waals surface area (Å²) in [7, 11) is 2.13. The van der Waals surface area contributed by atoms with Crippen molar-refractivity contribution in [2.45, 2.75) is 19.8 Å². The van der Waals surface area contributed by atoms with Gasteiger partial charge in [0.1, 0.15) is 22.9 Å². The fourth-order valence-corrected chi connectivity index (χ4v) is 4.73. The van der Waals surface area contributed by atoms with E-state index in [1.54, 1.807) is 18.6 Å². The van der Waals surface area contributed by atoms with Crippen LogP contribution in [0.25, 0.3) is 11.0 Å². The van der Waals surface area contributed by atoms with Gasteiger partial charge in [-0.1, -0.05) is 6.92 Å². The quantitative estimate of drug-likeness (QED) is 0.738. The third kappa shape index (κ3) is 4.58. The summed E-state index contributed by atoms with van der Waals surface area (Å²) >= 11 is 0. The lowest BCUT2D eigenvalue weighted by molar-refractivity contribution is -0.121. The van der Waals surface area contributed by atoms with Crippen LogP contribution in [0.5, 0.6) is 0 Å². The van der Waals surface area contributed by atoms with E-state index in [1.165, 1.54) is 0 Å². The monoisotopic (exact) mass is 407 g/mol. The van der Waals surface area contributed by atoms with Crippen molar-refractivity contribution in [1.82, 2.24) is 24.8 Å². The summed E-state index contributed by atoms with van der Waals surface area (Å²) in [6.45, 7) is 8.48. The summed E-state index contributed by atoms with van der Waals surface area (Å²) in [6.07, 6.45) is 6.64. The minimum Gasteiger partial charge on any atom is -0.368 e.